The van der Waals surface area contributed by atoms with E-state index in [0.717, 1.165) is 18.3 Å². The lowest BCUT2D eigenvalue weighted by atomic mass is 9.95. The zero-order valence-electron chi connectivity index (χ0n) is 20.8. The highest BCUT2D eigenvalue weighted by atomic mass is 16.6. The number of ether oxygens (including phenoxy) is 3. The summed E-state index contributed by atoms with van der Waals surface area (Å²) in [5, 5.41) is 39.9. The molecule has 0 bridgehead atoms. The molecule has 0 saturated carbocycles. The molecule has 5 N–H and O–H groups in total. The van der Waals surface area contributed by atoms with E-state index in [-0.39, 0.29) is 41.5 Å². The Balaban J connectivity index is 1.71. The molecule has 0 unspecified atom stereocenters. The molecule has 2 atom stereocenters. The normalized spacial score (nSPS) is 15.9. The molecule has 1 aliphatic heterocycles. The molecule has 2 aromatic carbocycles. The molecule has 0 radical (unpaired) electrons. The van der Waals surface area contributed by atoms with Crippen LogP contribution in [0.2, 0.25) is 0 Å². The smallest absolute Gasteiger partial charge is 0.337 e. The zero-order chi connectivity index (χ0) is 27.8. The minimum atomic E-state index is -1.29. The molecule has 1 aliphatic rings. The van der Waals surface area contributed by atoms with Gasteiger partial charge >= 0.3 is 12.0 Å². The summed E-state index contributed by atoms with van der Waals surface area (Å²) in [4.78, 5) is 34.7. The van der Waals surface area contributed by atoms with Crippen LogP contribution in [0.25, 0.3) is 0 Å². The maximum atomic E-state index is 12.3. The van der Waals surface area contributed by atoms with Crippen molar-refractivity contribution in [3.8, 4) is 17.2 Å². The number of phenols is 1. The van der Waals surface area contributed by atoms with Crippen LogP contribution in [0.1, 0.15) is 31.0 Å². The molecule has 0 fully saturated rings. The quantitative estimate of drug-likeness (QED) is 0.0942. The number of carbonyl (C=O) groups excluding carboxylic acids is 2. The summed E-state index contributed by atoms with van der Waals surface area (Å²) < 4.78 is 16.2. The van der Waals surface area contributed by atoms with Crippen LogP contribution < -0.4 is 25.5 Å². The number of nitrogens with one attached hydrogen (secondary N) is 3. The van der Waals surface area contributed by atoms with Crippen LogP contribution in [0.5, 0.6) is 17.2 Å². The Kier molecular flexibility index (Phi) is 9.05. The average Bonchev–Trinajstić information content (AvgIpc) is 2.88. The molecule has 2 aromatic rings. The van der Waals surface area contributed by atoms with Gasteiger partial charge in [-0.25, -0.2) is 9.59 Å². The molecule has 1 heterocycles. The lowest BCUT2D eigenvalue weighted by Crippen LogP contribution is -2.45. The number of non-ortho nitro benzene ring substituents is 1. The van der Waals surface area contributed by atoms with Gasteiger partial charge in [-0.1, -0.05) is 6.07 Å². The highest BCUT2D eigenvalue weighted by Gasteiger charge is 2.32. The summed E-state index contributed by atoms with van der Waals surface area (Å²) in [6.07, 6.45) is -0.172. The first-order valence-corrected chi connectivity index (χ1v) is 11.3. The van der Waals surface area contributed by atoms with Crippen LogP contribution in [-0.4, -0.2) is 59.9 Å². The van der Waals surface area contributed by atoms with Gasteiger partial charge < -0.3 is 35.1 Å². The molecule has 14 heteroatoms. The number of nitro benzene ring substituents is 1. The fourth-order valence-corrected chi connectivity index (χ4v) is 3.57. The van der Waals surface area contributed by atoms with E-state index in [1.54, 1.807) is 32.0 Å². The average molecular weight is 530 g/mol. The molecular weight excluding hydrogens is 502 g/mol. The van der Waals surface area contributed by atoms with Crippen molar-refractivity contribution in [3.05, 3.63) is 68.9 Å². The number of carbonyl (C=O) groups is 2. The van der Waals surface area contributed by atoms with Gasteiger partial charge in [-0.3, -0.25) is 15.5 Å². The number of nitrogens with zero attached hydrogens (tertiary/aromatic N) is 2. The van der Waals surface area contributed by atoms with Crippen molar-refractivity contribution < 1.29 is 38.9 Å². The third-order valence-corrected chi connectivity index (χ3v) is 5.32. The van der Waals surface area contributed by atoms with Crippen molar-refractivity contribution in [3.63, 3.8) is 0 Å². The summed E-state index contributed by atoms with van der Waals surface area (Å²) in [6, 6.07) is 6.97. The summed E-state index contributed by atoms with van der Waals surface area (Å²) >= 11 is 0. The number of rotatable bonds is 11. The molecular formula is C24H27N5O9. The third kappa shape index (κ3) is 6.67. The summed E-state index contributed by atoms with van der Waals surface area (Å²) in [6.45, 7) is 3.38. The molecule has 0 aliphatic carbocycles. The highest BCUT2D eigenvalue weighted by Crippen LogP contribution is 2.35. The predicted molar refractivity (Wildman–Crippen MR) is 134 cm³/mol. The van der Waals surface area contributed by atoms with E-state index < -0.39 is 29.2 Å². The fourth-order valence-electron chi connectivity index (χ4n) is 3.57. The van der Waals surface area contributed by atoms with Crippen molar-refractivity contribution in [1.29, 1.82) is 0 Å². The number of amides is 2. The van der Waals surface area contributed by atoms with Gasteiger partial charge in [0.1, 0.15) is 12.4 Å². The van der Waals surface area contributed by atoms with E-state index in [2.05, 4.69) is 21.2 Å². The van der Waals surface area contributed by atoms with Crippen LogP contribution in [0.15, 0.2) is 52.8 Å². The molecule has 14 nitrogen and oxygen atoms in total. The lowest BCUT2D eigenvalue weighted by molar-refractivity contribution is -0.384. The Bertz CT molecular complexity index is 1280. The van der Waals surface area contributed by atoms with Gasteiger partial charge in [-0.15, -0.1) is 0 Å². The van der Waals surface area contributed by atoms with Gasteiger partial charge in [-0.05, 0) is 37.6 Å². The minimum absolute atomic E-state index is 0.0784. The number of hydrogen-bond acceptors (Lipinski definition) is 11. The third-order valence-electron chi connectivity index (χ3n) is 5.32. The molecule has 0 saturated heterocycles. The number of esters is 1. The Labute approximate surface area is 217 Å². The van der Waals surface area contributed by atoms with Gasteiger partial charge in [0, 0.05) is 23.4 Å². The maximum absolute atomic E-state index is 12.3. The van der Waals surface area contributed by atoms with Crippen molar-refractivity contribution in [2.45, 2.75) is 26.1 Å². The first kappa shape index (κ1) is 27.7. The lowest BCUT2D eigenvalue weighted by Gasteiger charge is -2.28. The second-order valence-corrected chi connectivity index (χ2v) is 7.92. The van der Waals surface area contributed by atoms with E-state index in [4.69, 9.17) is 14.2 Å². The van der Waals surface area contributed by atoms with Gasteiger partial charge in [0.2, 0.25) is 0 Å². The topological polar surface area (TPSA) is 194 Å². The predicted octanol–water partition coefficient (Wildman–Crippen LogP) is 1.82. The standard InChI is InChI=1S/C24H27N5O9/c1-4-37-19-10-14(22-21(23(32)36-3)13(2)26-24(33)27-22)5-8-18(19)38-12-20(31)28-25-11-15-9-16(29(34)35)6-7-17(15)30/h5-11,20,22,28,30-31H,4,12H2,1-3H3,(H2,26,27,33)/b25-11+/t20-,22-/m1/s1. The number of aliphatic hydroxyl groups is 1. The molecule has 202 valence electrons. The SMILES string of the molecule is CCOc1cc([C@H]2NC(=O)NC(C)=C2C(=O)OC)ccc1OC[C@@H](O)N/N=C/c1cc([N+](=O)[O-])ccc1O. The Morgan fingerprint density at radius 2 is 2.03 bits per heavy atom. The molecule has 3 rings (SSSR count). The number of aromatic hydroxyl groups is 1. The summed E-state index contributed by atoms with van der Waals surface area (Å²) in [5.74, 6) is -0.251. The number of phenolic OH excluding ortho intramolecular Hbond substituents is 1. The number of hydrogen-bond donors (Lipinski definition) is 5. The molecule has 0 spiro atoms. The number of allylic oxidation sites excluding steroid dienone is 1. The Hall–Kier alpha value is -4.85. The van der Waals surface area contributed by atoms with E-state index in [9.17, 15) is 29.9 Å². The molecule has 38 heavy (non-hydrogen) atoms. The van der Waals surface area contributed by atoms with Crippen LogP contribution in [0, 0.1) is 10.1 Å². The Morgan fingerprint density at radius 3 is 2.71 bits per heavy atom. The fraction of sp³-hybridized carbons (Fsp3) is 0.292. The van der Waals surface area contributed by atoms with Crippen LogP contribution in [0.3, 0.4) is 0 Å². The number of nitro groups is 1. The minimum Gasteiger partial charge on any atom is -0.507 e. The van der Waals surface area contributed by atoms with Crippen LogP contribution in [-0.2, 0) is 9.53 Å². The van der Waals surface area contributed by atoms with Gasteiger partial charge in [0.05, 0.1) is 36.5 Å². The highest BCUT2D eigenvalue weighted by molar-refractivity contribution is 5.95. The number of urea groups is 1. The van der Waals surface area contributed by atoms with E-state index in [1.165, 1.54) is 13.2 Å². The number of aliphatic hydroxyl groups excluding tert-OH is 1. The van der Waals surface area contributed by atoms with Crippen LogP contribution >= 0.6 is 0 Å². The van der Waals surface area contributed by atoms with Crippen molar-refractivity contribution >= 4 is 23.9 Å². The maximum Gasteiger partial charge on any atom is 0.337 e. The summed E-state index contributed by atoms with van der Waals surface area (Å²) in [7, 11) is 1.24. The van der Waals surface area contributed by atoms with Gasteiger partial charge in [0.25, 0.3) is 5.69 Å². The van der Waals surface area contributed by atoms with Crippen molar-refractivity contribution in [2.24, 2.45) is 5.10 Å². The van der Waals surface area contributed by atoms with Crippen molar-refractivity contribution in [1.82, 2.24) is 16.1 Å². The van der Waals surface area contributed by atoms with Crippen molar-refractivity contribution in [2.75, 3.05) is 20.3 Å². The molecule has 2 amide bonds. The summed E-state index contributed by atoms with van der Waals surface area (Å²) in [5.41, 5.74) is 3.37. The van der Waals surface area contributed by atoms with Gasteiger partial charge in [-0.2, -0.15) is 5.10 Å². The molecule has 0 aromatic heterocycles. The van der Waals surface area contributed by atoms with Crippen LogP contribution in [0.4, 0.5) is 10.5 Å². The number of methoxy groups -OCH3 is 1. The first-order chi connectivity index (χ1) is 18.1. The first-order valence-electron chi connectivity index (χ1n) is 11.3. The number of hydrazone groups is 1. The largest absolute Gasteiger partial charge is 0.507 e. The van der Waals surface area contributed by atoms with E-state index in [1.807, 2.05) is 0 Å². The zero-order valence-corrected chi connectivity index (χ0v) is 20.8. The van der Waals surface area contributed by atoms with E-state index >= 15 is 0 Å². The monoisotopic (exact) mass is 529 g/mol. The second kappa shape index (κ2) is 12.4. The van der Waals surface area contributed by atoms with Gasteiger partial charge in [0.15, 0.2) is 17.7 Å². The second-order valence-electron chi connectivity index (χ2n) is 7.92. The number of benzene rings is 2. The van der Waals surface area contributed by atoms with E-state index in [0.29, 0.717) is 17.0 Å². The Morgan fingerprint density at radius 1 is 1.26 bits per heavy atom.